The van der Waals surface area contributed by atoms with Gasteiger partial charge in [0.05, 0.1) is 21.3 Å². The first-order chi connectivity index (χ1) is 17.5. The van der Waals surface area contributed by atoms with E-state index in [0.717, 1.165) is 0 Å². The molecule has 2 N–H and O–H groups in total. The molecule has 0 spiro atoms. The Hall–Kier alpha value is -2.71. The fourth-order valence-corrected chi connectivity index (χ4v) is 4.15. The quantitative estimate of drug-likeness (QED) is 0.198. The molecule has 2 aromatic carbocycles. The second-order valence-corrected chi connectivity index (χ2v) is 10.2. The van der Waals surface area contributed by atoms with Crippen LogP contribution in [0, 0.1) is 5.92 Å². The number of benzene rings is 2. The van der Waals surface area contributed by atoms with Gasteiger partial charge >= 0.3 is 0 Å². The highest BCUT2D eigenvalue weighted by atomic mass is 35.5. The Labute approximate surface area is 235 Å². The summed E-state index contributed by atoms with van der Waals surface area (Å²) in [6.07, 6.45) is 0.826. The highest BCUT2D eigenvalue weighted by Crippen LogP contribution is 2.34. The number of hydrogen-bond donors (Lipinski definition) is 2. The number of rotatable bonds is 10. The van der Waals surface area contributed by atoms with Crippen molar-refractivity contribution in [2.45, 2.75) is 39.3 Å². The summed E-state index contributed by atoms with van der Waals surface area (Å²) in [5.41, 5.74) is 3.08. The van der Waals surface area contributed by atoms with Crippen molar-refractivity contribution in [1.29, 1.82) is 0 Å². The van der Waals surface area contributed by atoms with Gasteiger partial charge in [0, 0.05) is 10.6 Å². The van der Waals surface area contributed by atoms with E-state index in [2.05, 4.69) is 15.8 Å². The zero-order chi connectivity index (χ0) is 27.1. The Morgan fingerprint density at radius 1 is 1.00 bits per heavy atom. The van der Waals surface area contributed by atoms with Crippen LogP contribution in [0.2, 0.25) is 20.1 Å². The van der Waals surface area contributed by atoms with Crippen molar-refractivity contribution in [2.24, 2.45) is 11.0 Å². The van der Waals surface area contributed by atoms with Crippen LogP contribution in [0.15, 0.2) is 58.0 Å². The molecule has 3 aromatic rings. The second-order valence-electron chi connectivity index (χ2n) is 8.56. The molecule has 196 valence electrons. The lowest BCUT2D eigenvalue weighted by Crippen LogP contribution is -2.49. The normalized spacial score (nSPS) is 13.0. The monoisotopic (exact) mass is 583 g/mol. The molecule has 0 unspecified atom stereocenters. The lowest BCUT2D eigenvalue weighted by Gasteiger charge is -2.22. The number of hydrogen-bond acceptors (Lipinski definition) is 5. The molecular weight excluding hydrogens is 560 g/mol. The number of amides is 2. The largest absolute Gasteiger partial charge is 0.479 e. The standard InChI is InChI=1S/C26H25Cl4N3O4/c1-14(2)11-21(32-25(34)15(3)36-23-9-7-16(27)12-20(23)29)26(35)33-31-13-17-8-10-22(37-17)18-5-4-6-19(28)24(18)30/h4-10,12-15,21H,11H2,1-3H3,(H,32,34)(H,33,35)/b31-13-/t15-,21+/m0/s1. The van der Waals surface area contributed by atoms with Gasteiger partial charge in [0.2, 0.25) is 0 Å². The van der Waals surface area contributed by atoms with E-state index in [1.165, 1.54) is 12.3 Å². The minimum atomic E-state index is -0.913. The first-order valence-electron chi connectivity index (χ1n) is 11.3. The summed E-state index contributed by atoms with van der Waals surface area (Å²) < 4.78 is 11.4. The molecular formula is C26H25Cl4N3O4. The maximum absolute atomic E-state index is 12.8. The molecule has 2 atom stereocenters. The molecule has 0 saturated carbocycles. The summed E-state index contributed by atoms with van der Waals surface area (Å²) in [4.78, 5) is 25.6. The molecule has 0 aliphatic heterocycles. The number of hydrazone groups is 1. The first-order valence-corrected chi connectivity index (χ1v) is 12.9. The summed E-state index contributed by atoms with van der Waals surface area (Å²) in [6.45, 7) is 5.44. The zero-order valence-electron chi connectivity index (χ0n) is 20.2. The highest BCUT2D eigenvalue weighted by molar-refractivity contribution is 6.43. The molecule has 1 heterocycles. The number of nitrogens with zero attached hydrogens (tertiary/aromatic N) is 1. The minimum Gasteiger partial charge on any atom is -0.479 e. The molecule has 0 aliphatic rings. The molecule has 37 heavy (non-hydrogen) atoms. The van der Waals surface area contributed by atoms with Crippen LogP contribution in [0.5, 0.6) is 5.75 Å². The summed E-state index contributed by atoms with van der Waals surface area (Å²) in [5.74, 6) is 0.347. The number of halogens is 4. The van der Waals surface area contributed by atoms with Gasteiger partial charge in [-0.15, -0.1) is 0 Å². The van der Waals surface area contributed by atoms with Crippen molar-refractivity contribution in [3.8, 4) is 17.1 Å². The second kappa shape index (κ2) is 13.2. The van der Waals surface area contributed by atoms with Crippen molar-refractivity contribution in [2.75, 3.05) is 0 Å². The minimum absolute atomic E-state index is 0.122. The third-order valence-corrected chi connectivity index (χ3v) is 6.47. The van der Waals surface area contributed by atoms with Gasteiger partial charge in [-0.1, -0.05) is 66.3 Å². The zero-order valence-corrected chi connectivity index (χ0v) is 23.3. The Morgan fingerprint density at radius 2 is 1.76 bits per heavy atom. The van der Waals surface area contributed by atoms with E-state index < -0.39 is 24.0 Å². The third kappa shape index (κ3) is 8.14. The molecule has 11 heteroatoms. The number of carbonyl (C=O) groups excluding carboxylic acids is 2. The van der Waals surface area contributed by atoms with E-state index >= 15 is 0 Å². The van der Waals surface area contributed by atoms with Crippen LogP contribution in [0.3, 0.4) is 0 Å². The molecule has 1 aromatic heterocycles. The van der Waals surface area contributed by atoms with Gasteiger partial charge < -0.3 is 14.5 Å². The number of carbonyl (C=O) groups is 2. The molecule has 7 nitrogen and oxygen atoms in total. The fourth-order valence-electron chi connectivity index (χ4n) is 3.31. The van der Waals surface area contributed by atoms with Gasteiger partial charge in [0.15, 0.2) is 6.10 Å². The molecule has 0 bridgehead atoms. The predicted octanol–water partition coefficient (Wildman–Crippen LogP) is 7.01. The molecule has 0 radical (unpaired) electrons. The molecule has 0 saturated heterocycles. The molecule has 0 aliphatic carbocycles. The third-order valence-electron chi connectivity index (χ3n) is 5.12. The van der Waals surface area contributed by atoms with E-state index in [1.807, 2.05) is 13.8 Å². The fraction of sp³-hybridized carbons (Fsp3) is 0.269. The topological polar surface area (TPSA) is 92.9 Å². The lowest BCUT2D eigenvalue weighted by molar-refractivity contribution is -0.132. The Balaban J connectivity index is 1.62. The van der Waals surface area contributed by atoms with Crippen LogP contribution in [0.25, 0.3) is 11.3 Å². The number of furan rings is 1. The van der Waals surface area contributed by atoms with Crippen LogP contribution in [-0.4, -0.2) is 30.2 Å². The maximum atomic E-state index is 12.8. The lowest BCUT2D eigenvalue weighted by atomic mass is 10.0. The predicted molar refractivity (Wildman–Crippen MR) is 148 cm³/mol. The highest BCUT2D eigenvalue weighted by Gasteiger charge is 2.25. The van der Waals surface area contributed by atoms with E-state index in [1.54, 1.807) is 49.4 Å². The van der Waals surface area contributed by atoms with Crippen LogP contribution < -0.4 is 15.5 Å². The number of nitrogens with one attached hydrogen (secondary N) is 2. The van der Waals surface area contributed by atoms with Gasteiger partial charge in [-0.25, -0.2) is 5.43 Å². The Bertz CT molecular complexity index is 1290. The smallest absolute Gasteiger partial charge is 0.262 e. The van der Waals surface area contributed by atoms with E-state index in [9.17, 15) is 9.59 Å². The Morgan fingerprint density at radius 3 is 2.46 bits per heavy atom. The van der Waals surface area contributed by atoms with E-state index in [0.29, 0.717) is 44.3 Å². The van der Waals surface area contributed by atoms with Crippen molar-refractivity contribution < 1.29 is 18.7 Å². The summed E-state index contributed by atoms with van der Waals surface area (Å²) in [6, 6.07) is 12.5. The average molecular weight is 585 g/mol. The van der Waals surface area contributed by atoms with E-state index in [4.69, 9.17) is 55.6 Å². The first kappa shape index (κ1) is 28.9. The van der Waals surface area contributed by atoms with Gasteiger partial charge in [-0.2, -0.15) is 5.10 Å². The summed E-state index contributed by atoms with van der Waals surface area (Å²) in [5, 5.41) is 8.19. The molecule has 3 rings (SSSR count). The van der Waals surface area contributed by atoms with Crippen LogP contribution in [0.1, 0.15) is 33.0 Å². The van der Waals surface area contributed by atoms with E-state index in [-0.39, 0.29) is 10.9 Å². The van der Waals surface area contributed by atoms with Gasteiger partial charge in [0.1, 0.15) is 23.3 Å². The molecule has 2 amide bonds. The molecule has 0 fully saturated rings. The summed E-state index contributed by atoms with van der Waals surface area (Å²) >= 11 is 24.3. The van der Waals surface area contributed by atoms with Crippen molar-refractivity contribution >= 4 is 64.4 Å². The average Bonchev–Trinajstić information content (AvgIpc) is 3.30. The summed E-state index contributed by atoms with van der Waals surface area (Å²) in [7, 11) is 0. The van der Waals surface area contributed by atoms with Crippen molar-refractivity contribution in [1.82, 2.24) is 10.7 Å². The van der Waals surface area contributed by atoms with Crippen LogP contribution >= 0.6 is 46.4 Å². The van der Waals surface area contributed by atoms with Crippen molar-refractivity contribution in [3.63, 3.8) is 0 Å². The number of ether oxygens (including phenoxy) is 1. The SMILES string of the molecule is CC(C)C[C@@H](NC(=O)[C@H](C)Oc1ccc(Cl)cc1Cl)C(=O)N/N=C\c1ccc(-c2cccc(Cl)c2Cl)o1. The van der Waals surface area contributed by atoms with Crippen LogP contribution in [-0.2, 0) is 9.59 Å². The maximum Gasteiger partial charge on any atom is 0.262 e. The van der Waals surface area contributed by atoms with Crippen LogP contribution in [0.4, 0.5) is 0 Å². The van der Waals surface area contributed by atoms with Crippen molar-refractivity contribution in [3.05, 3.63) is 74.4 Å². The van der Waals surface area contributed by atoms with Gasteiger partial charge in [-0.05, 0) is 61.7 Å². The van der Waals surface area contributed by atoms with Gasteiger partial charge in [0.25, 0.3) is 11.8 Å². The van der Waals surface area contributed by atoms with Gasteiger partial charge in [-0.3, -0.25) is 9.59 Å². The Kier molecular flexibility index (Phi) is 10.3.